The zero-order chi connectivity index (χ0) is 32.0. The van der Waals surface area contributed by atoms with Crippen LogP contribution in [0.4, 0.5) is 34.6 Å². The molecule has 3 aromatic rings. The Morgan fingerprint density at radius 2 is 1.63 bits per heavy atom. The van der Waals surface area contributed by atoms with E-state index in [0.717, 1.165) is 17.8 Å². The number of para-hydroxylation sites is 1. The first-order valence-electron chi connectivity index (χ1n) is 13.9. The molecular formula is C31H35F4N4NaO6. The molecule has 2 aliphatic heterocycles. The minimum Gasteiger partial charge on any atom is -0.550 e. The van der Waals surface area contributed by atoms with Crippen molar-refractivity contribution in [3.05, 3.63) is 77.6 Å². The van der Waals surface area contributed by atoms with E-state index >= 15 is 4.39 Å². The Morgan fingerprint density at radius 1 is 1.00 bits per heavy atom. The van der Waals surface area contributed by atoms with Crippen LogP contribution in [0.15, 0.2) is 65.7 Å². The van der Waals surface area contributed by atoms with Crippen LogP contribution in [0.25, 0.3) is 0 Å². The van der Waals surface area contributed by atoms with Crippen LogP contribution in [0.3, 0.4) is 0 Å². The van der Waals surface area contributed by atoms with Crippen LogP contribution in [0.1, 0.15) is 30.5 Å². The number of nitrogens with zero attached hydrogens (tertiary/aromatic N) is 4. The number of aliphatic hydroxyl groups is 1. The largest absolute Gasteiger partial charge is 1.00 e. The first-order valence-corrected chi connectivity index (χ1v) is 13.9. The van der Waals surface area contributed by atoms with Crippen LogP contribution in [-0.2, 0) is 11.0 Å². The number of aliphatic carboxylic acids is 1. The summed E-state index contributed by atoms with van der Waals surface area (Å²) in [6.45, 7) is 3.69. The molecule has 15 heteroatoms. The summed E-state index contributed by atoms with van der Waals surface area (Å²) in [7, 11) is 2.89. The Kier molecular flexibility index (Phi) is 14.1. The zero-order valence-corrected chi connectivity index (χ0v) is 28.0. The third kappa shape index (κ3) is 8.62. The van der Waals surface area contributed by atoms with Crippen LogP contribution in [-0.4, -0.2) is 74.4 Å². The van der Waals surface area contributed by atoms with Crippen LogP contribution in [0.5, 0.6) is 11.5 Å². The van der Waals surface area contributed by atoms with E-state index in [1.54, 1.807) is 14.0 Å². The summed E-state index contributed by atoms with van der Waals surface area (Å²) < 4.78 is 67.3. The summed E-state index contributed by atoms with van der Waals surface area (Å²) >= 11 is 0. The van der Waals surface area contributed by atoms with Gasteiger partial charge in [0.05, 0.1) is 31.5 Å². The summed E-state index contributed by atoms with van der Waals surface area (Å²) in [6.07, 6.45) is -5.30. The van der Waals surface area contributed by atoms with Crippen molar-refractivity contribution in [1.29, 1.82) is 0 Å². The zero-order valence-electron chi connectivity index (χ0n) is 26.0. The van der Waals surface area contributed by atoms with Gasteiger partial charge in [0.25, 0.3) is 0 Å². The maximum absolute atomic E-state index is 15.1. The van der Waals surface area contributed by atoms with Gasteiger partial charge in [-0.3, -0.25) is 0 Å². The van der Waals surface area contributed by atoms with E-state index in [1.165, 1.54) is 36.3 Å². The first kappa shape index (κ1) is 38.6. The molecule has 0 aliphatic carbocycles. The van der Waals surface area contributed by atoms with Crippen molar-refractivity contribution in [1.82, 2.24) is 4.90 Å². The van der Waals surface area contributed by atoms with Gasteiger partial charge in [0.1, 0.15) is 23.0 Å². The van der Waals surface area contributed by atoms with E-state index in [4.69, 9.17) is 14.6 Å². The molecule has 0 aromatic heterocycles. The van der Waals surface area contributed by atoms with Crippen LogP contribution in [0, 0.1) is 5.82 Å². The predicted octanol–water partition coefficient (Wildman–Crippen LogP) is 0.551. The van der Waals surface area contributed by atoms with E-state index in [-0.39, 0.29) is 70.3 Å². The third-order valence-electron chi connectivity index (χ3n) is 7.22. The van der Waals surface area contributed by atoms with Crippen molar-refractivity contribution in [2.75, 3.05) is 56.8 Å². The van der Waals surface area contributed by atoms with E-state index in [9.17, 15) is 23.1 Å². The average Bonchev–Trinajstić information content (AvgIpc) is 3.01. The molecule has 5 rings (SSSR count). The van der Waals surface area contributed by atoms with Gasteiger partial charge in [-0.25, -0.2) is 9.38 Å². The van der Waals surface area contributed by atoms with E-state index in [1.807, 2.05) is 29.2 Å². The molecule has 3 N–H and O–H groups in total. The Labute approximate surface area is 286 Å². The smallest absolute Gasteiger partial charge is 0.550 e. The van der Waals surface area contributed by atoms with Gasteiger partial charge in [-0.15, -0.1) is 0 Å². The van der Waals surface area contributed by atoms with Gasteiger partial charge in [0.2, 0.25) is 5.96 Å². The summed E-state index contributed by atoms with van der Waals surface area (Å²) in [4.78, 5) is 21.8. The van der Waals surface area contributed by atoms with Gasteiger partial charge in [-0.1, -0.05) is 18.2 Å². The number of aliphatic hydroxyl groups excluding tert-OH is 1. The molecule has 0 amide bonds. The number of methoxy groups -OCH3 is 2. The minimum atomic E-state index is -4.68. The van der Waals surface area contributed by atoms with Crippen molar-refractivity contribution < 1.29 is 77.1 Å². The van der Waals surface area contributed by atoms with Crippen molar-refractivity contribution >= 4 is 29.0 Å². The molecular weight excluding hydrogens is 623 g/mol. The second kappa shape index (κ2) is 16.8. The number of hydrogen-bond acceptors (Lipinski definition) is 9. The number of piperazine rings is 1. The Balaban J connectivity index is 0.00000142. The van der Waals surface area contributed by atoms with Gasteiger partial charge in [0.15, 0.2) is 0 Å². The van der Waals surface area contributed by atoms with Crippen LogP contribution >= 0.6 is 0 Å². The number of carbonyl (C=O) groups is 1. The third-order valence-corrected chi connectivity index (χ3v) is 7.22. The van der Waals surface area contributed by atoms with Crippen molar-refractivity contribution in [2.24, 2.45) is 4.99 Å². The SMILES string of the molecule is CCO.COc1cccc(N2CCN(C3=Nc4c(F)cccc4[C@H](CC(=O)[O-])N3c3cc(C(F)(F)F)ccc3OC)CC2)c1.O.[Na+]. The van der Waals surface area contributed by atoms with Crippen molar-refractivity contribution in [3.8, 4) is 11.5 Å². The number of hydrogen-bond donors (Lipinski definition) is 1. The fraction of sp³-hybridized carbons (Fsp3) is 0.355. The number of rotatable bonds is 6. The van der Waals surface area contributed by atoms with Gasteiger partial charge in [0, 0.05) is 62.5 Å². The number of benzene rings is 3. The molecule has 1 saturated heterocycles. The van der Waals surface area contributed by atoms with Crippen LogP contribution < -0.4 is 53.9 Å². The van der Waals surface area contributed by atoms with Gasteiger partial charge >= 0.3 is 35.7 Å². The molecule has 1 atom stereocenters. The van der Waals surface area contributed by atoms with Gasteiger partial charge in [-0.2, -0.15) is 13.2 Å². The summed E-state index contributed by atoms with van der Waals surface area (Å²) in [6, 6.07) is 13.5. The molecule has 1 fully saturated rings. The van der Waals surface area contributed by atoms with Crippen molar-refractivity contribution in [3.63, 3.8) is 0 Å². The molecule has 2 aliphatic rings. The number of anilines is 2. The van der Waals surface area contributed by atoms with Crippen LogP contribution in [0.2, 0.25) is 0 Å². The van der Waals surface area contributed by atoms with Gasteiger partial charge in [-0.05, 0) is 43.3 Å². The Hall–Kier alpha value is -3.56. The number of fused-ring (bicyclic) bond motifs is 1. The second-order valence-corrected chi connectivity index (χ2v) is 9.93. The number of carbonyl (C=O) groups excluding carboxylic acids is 1. The molecule has 244 valence electrons. The average molecular weight is 659 g/mol. The summed E-state index contributed by atoms with van der Waals surface area (Å²) in [5.74, 6) is -1.23. The topological polar surface area (TPSA) is 132 Å². The standard InChI is InChI=1S/C29H28F4N4O4.C2H6O.Na.H2O/c1-40-20-6-3-5-19(16-20)35-11-13-36(14-12-35)28-34-27-21(7-4-8-22(27)30)23(17-26(38)39)37(28)24-15-18(29(31,32)33)9-10-25(24)41-2;1-2-3;;/h3-10,15-16,23H,11-14,17H2,1-2H3,(H,38,39);3H,2H2,1H3;;1H2/q;;+1;/p-1/t23-;;;/m0.../s1. The molecule has 0 saturated carbocycles. The quantitative estimate of drug-likeness (QED) is 0.300. The van der Waals surface area contributed by atoms with E-state index in [2.05, 4.69) is 9.89 Å². The van der Waals surface area contributed by atoms with Gasteiger partial charge < -0.3 is 44.7 Å². The number of alkyl halides is 3. The number of ether oxygens (including phenoxy) is 2. The summed E-state index contributed by atoms with van der Waals surface area (Å²) in [5, 5.41) is 19.5. The molecule has 0 spiro atoms. The second-order valence-electron chi connectivity index (χ2n) is 9.93. The maximum atomic E-state index is 15.1. The number of carboxylic acid groups (broad SMARTS) is 1. The fourth-order valence-corrected chi connectivity index (χ4v) is 5.24. The molecule has 10 nitrogen and oxygen atoms in total. The number of guanidine groups is 1. The first-order chi connectivity index (χ1) is 21.0. The molecule has 46 heavy (non-hydrogen) atoms. The Bertz CT molecular complexity index is 1500. The van der Waals surface area contributed by atoms with E-state index in [0.29, 0.717) is 31.9 Å². The molecule has 0 radical (unpaired) electrons. The Morgan fingerprint density at radius 3 is 2.22 bits per heavy atom. The number of halogens is 4. The maximum Gasteiger partial charge on any atom is 1.00 e. The minimum absolute atomic E-state index is 0. The fourth-order valence-electron chi connectivity index (χ4n) is 5.24. The number of carboxylic acids is 1. The van der Waals surface area contributed by atoms with Crippen molar-refractivity contribution in [2.45, 2.75) is 25.6 Å². The predicted molar refractivity (Wildman–Crippen MR) is 159 cm³/mol. The number of aliphatic imine (C=N–C) groups is 1. The van der Waals surface area contributed by atoms with E-state index < -0.39 is 36.0 Å². The molecule has 0 bridgehead atoms. The molecule has 3 aromatic carbocycles. The monoisotopic (exact) mass is 658 g/mol. The summed E-state index contributed by atoms with van der Waals surface area (Å²) in [5.41, 5.74) is 0.0843. The molecule has 2 heterocycles. The molecule has 0 unspecified atom stereocenters. The normalized spacial score (nSPS) is 15.7.